The number of aliphatic hydroxyl groups excluding tert-OH is 1. The van der Waals surface area contributed by atoms with Crippen molar-refractivity contribution < 1.29 is 9.90 Å². The van der Waals surface area contributed by atoms with Crippen LogP contribution in [0.25, 0.3) is 0 Å². The third-order valence-corrected chi connectivity index (χ3v) is 5.68. The molecule has 3 N–H and O–H groups in total. The molecule has 1 heterocycles. The number of carbonyl (C=O) groups is 1. The lowest BCUT2D eigenvalue weighted by Crippen LogP contribution is -2.40. The van der Waals surface area contributed by atoms with Gasteiger partial charge in [0.1, 0.15) is 0 Å². The molecule has 2 aliphatic rings. The van der Waals surface area contributed by atoms with E-state index in [4.69, 9.17) is 5.11 Å². The van der Waals surface area contributed by atoms with Gasteiger partial charge in [-0.2, -0.15) is 0 Å². The van der Waals surface area contributed by atoms with Crippen molar-refractivity contribution in [3.63, 3.8) is 0 Å². The van der Waals surface area contributed by atoms with Crippen molar-refractivity contribution in [2.45, 2.75) is 51.1 Å². The lowest BCUT2D eigenvalue weighted by molar-refractivity contribution is 0.231. The van der Waals surface area contributed by atoms with Crippen molar-refractivity contribution in [1.29, 1.82) is 0 Å². The Bertz CT molecular complexity index is 529. The van der Waals surface area contributed by atoms with Crippen LogP contribution in [-0.4, -0.2) is 23.8 Å². The average molecular weight is 320 g/mol. The number of aryl methyl sites for hydroxylation is 2. The van der Waals surface area contributed by atoms with E-state index in [9.17, 15) is 4.79 Å². The molecule has 0 bridgehead atoms. The third-order valence-electron chi connectivity index (χ3n) is 4.44. The summed E-state index contributed by atoms with van der Waals surface area (Å²) in [4.78, 5) is 14.7. The Labute approximate surface area is 135 Å². The number of rotatable bonds is 4. The van der Waals surface area contributed by atoms with Crippen molar-refractivity contribution in [3.05, 3.63) is 33.5 Å². The van der Waals surface area contributed by atoms with Crippen LogP contribution in [0.3, 0.4) is 0 Å². The Morgan fingerprint density at radius 2 is 2.14 bits per heavy atom. The standard InChI is InChI=1S/C17H24N2O2S/c20-11-12-6-7-14(8-12)19-17(21)18-10-15-9-13-4-2-1-3-5-16(13)22-15/h6-7,9,12,14,20H,1-5,8,10-11H2,(H2,18,19,21)/t12-,14+/m0/s1. The zero-order valence-corrected chi connectivity index (χ0v) is 13.6. The van der Waals surface area contributed by atoms with Crippen molar-refractivity contribution in [2.75, 3.05) is 6.61 Å². The van der Waals surface area contributed by atoms with Crippen LogP contribution in [0.2, 0.25) is 0 Å². The van der Waals surface area contributed by atoms with Gasteiger partial charge in [0.25, 0.3) is 0 Å². The van der Waals surface area contributed by atoms with Gasteiger partial charge in [-0.15, -0.1) is 11.3 Å². The number of fused-ring (bicyclic) bond motifs is 1. The highest BCUT2D eigenvalue weighted by Gasteiger charge is 2.19. The molecule has 5 heteroatoms. The molecule has 1 aromatic rings. The predicted molar refractivity (Wildman–Crippen MR) is 89.1 cm³/mol. The molecule has 0 aromatic carbocycles. The number of carbonyl (C=O) groups excluding carboxylic acids is 1. The number of hydrogen-bond donors (Lipinski definition) is 3. The molecular formula is C17H24N2O2S. The summed E-state index contributed by atoms with van der Waals surface area (Å²) in [6.07, 6.45) is 11.0. The topological polar surface area (TPSA) is 61.4 Å². The molecule has 0 saturated heterocycles. The highest BCUT2D eigenvalue weighted by atomic mass is 32.1. The molecule has 120 valence electrons. The lowest BCUT2D eigenvalue weighted by Gasteiger charge is -2.13. The van der Waals surface area contributed by atoms with Crippen LogP contribution < -0.4 is 10.6 Å². The van der Waals surface area contributed by atoms with Crippen LogP contribution in [0, 0.1) is 5.92 Å². The monoisotopic (exact) mass is 320 g/mol. The first kappa shape index (κ1) is 15.6. The summed E-state index contributed by atoms with van der Waals surface area (Å²) in [6, 6.07) is 2.18. The van der Waals surface area contributed by atoms with E-state index in [1.165, 1.54) is 47.4 Å². The molecule has 0 saturated carbocycles. The Balaban J connectivity index is 1.46. The minimum atomic E-state index is -0.128. The fourth-order valence-corrected chi connectivity index (χ4v) is 4.42. The van der Waals surface area contributed by atoms with Crippen LogP contribution in [0.1, 0.15) is 41.0 Å². The van der Waals surface area contributed by atoms with E-state index in [-0.39, 0.29) is 24.6 Å². The predicted octanol–water partition coefficient (Wildman–Crippen LogP) is 2.75. The van der Waals surface area contributed by atoms with E-state index >= 15 is 0 Å². The number of nitrogens with one attached hydrogen (secondary N) is 2. The summed E-state index contributed by atoms with van der Waals surface area (Å²) < 4.78 is 0. The second-order valence-electron chi connectivity index (χ2n) is 6.22. The van der Waals surface area contributed by atoms with Gasteiger partial charge in [0, 0.05) is 28.3 Å². The minimum Gasteiger partial charge on any atom is -0.396 e. The van der Waals surface area contributed by atoms with Crippen LogP contribution in [0.4, 0.5) is 4.79 Å². The van der Waals surface area contributed by atoms with Crippen molar-refractivity contribution >= 4 is 17.4 Å². The molecule has 0 unspecified atom stereocenters. The number of hydrogen-bond acceptors (Lipinski definition) is 3. The van der Waals surface area contributed by atoms with Crippen LogP contribution in [0.5, 0.6) is 0 Å². The maximum Gasteiger partial charge on any atom is 0.315 e. The van der Waals surface area contributed by atoms with Crippen molar-refractivity contribution in [3.8, 4) is 0 Å². The summed E-state index contributed by atoms with van der Waals surface area (Å²) in [6.45, 7) is 0.750. The van der Waals surface area contributed by atoms with Gasteiger partial charge in [0.05, 0.1) is 6.54 Å². The van der Waals surface area contributed by atoms with Crippen LogP contribution in [-0.2, 0) is 19.4 Å². The number of amides is 2. The first-order valence-corrected chi connectivity index (χ1v) is 9.00. The molecule has 0 fully saturated rings. The van der Waals surface area contributed by atoms with Gasteiger partial charge >= 0.3 is 6.03 Å². The van der Waals surface area contributed by atoms with E-state index in [0.29, 0.717) is 6.54 Å². The van der Waals surface area contributed by atoms with Crippen molar-refractivity contribution in [1.82, 2.24) is 10.6 Å². The van der Waals surface area contributed by atoms with Gasteiger partial charge in [0.2, 0.25) is 0 Å². The fraction of sp³-hybridized carbons (Fsp3) is 0.588. The third kappa shape index (κ3) is 3.90. The quantitative estimate of drug-likeness (QED) is 0.590. The van der Waals surface area contributed by atoms with E-state index in [1.54, 1.807) is 0 Å². The molecule has 1 aromatic heterocycles. The van der Waals surface area contributed by atoms with E-state index < -0.39 is 0 Å². The summed E-state index contributed by atoms with van der Waals surface area (Å²) in [5.74, 6) is 0.179. The van der Waals surface area contributed by atoms with Gasteiger partial charge in [-0.1, -0.05) is 18.6 Å². The summed E-state index contributed by atoms with van der Waals surface area (Å²) in [5.41, 5.74) is 1.49. The molecule has 0 aliphatic heterocycles. The minimum absolute atomic E-state index is 0.0391. The molecule has 2 atom stereocenters. The normalized spacial score (nSPS) is 23.9. The summed E-state index contributed by atoms with van der Waals surface area (Å²) >= 11 is 1.85. The second-order valence-corrected chi connectivity index (χ2v) is 7.44. The highest BCUT2D eigenvalue weighted by molar-refractivity contribution is 7.12. The lowest BCUT2D eigenvalue weighted by atomic mass is 10.1. The molecular weight excluding hydrogens is 296 g/mol. The maximum atomic E-state index is 12.0. The second kappa shape index (κ2) is 7.29. The maximum absolute atomic E-state index is 12.0. The smallest absolute Gasteiger partial charge is 0.315 e. The first-order chi connectivity index (χ1) is 10.7. The van der Waals surface area contributed by atoms with Gasteiger partial charge in [-0.3, -0.25) is 0 Å². The fourth-order valence-electron chi connectivity index (χ4n) is 3.22. The van der Waals surface area contributed by atoms with Gasteiger partial charge in [0.15, 0.2) is 0 Å². The molecule has 0 spiro atoms. The molecule has 2 amide bonds. The van der Waals surface area contributed by atoms with Crippen LogP contribution in [0.15, 0.2) is 18.2 Å². The van der Waals surface area contributed by atoms with E-state index in [0.717, 1.165) is 6.42 Å². The number of thiophene rings is 1. The Hall–Kier alpha value is -1.33. The largest absolute Gasteiger partial charge is 0.396 e. The van der Waals surface area contributed by atoms with E-state index in [2.05, 4.69) is 16.7 Å². The van der Waals surface area contributed by atoms with Crippen LogP contribution >= 0.6 is 11.3 Å². The average Bonchev–Trinajstić information content (AvgIpc) is 3.07. The Morgan fingerprint density at radius 3 is 2.95 bits per heavy atom. The van der Waals surface area contributed by atoms with Gasteiger partial charge in [-0.05, 0) is 43.7 Å². The summed E-state index contributed by atoms with van der Waals surface area (Å²) in [7, 11) is 0. The van der Waals surface area contributed by atoms with Gasteiger partial charge in [-0.25, -0.2) is 4.79 Å². The number of urea groups is 1. The van der Waals surface area contributed by atoms with E-state index in [1.807, 2.05) is 23.5 Å². The number of aliphatic hydroxyl groups is 1. The molecule has 22 heavy (non-hydrogen) atoms. The molecule has 4 nitrogen and oxygen atoms in total. The summed E-state index contributed by atoms with van der Waals surface area (Å²) in [5, 5.41) is 15.0. The van der Waals surface area contributed by atoms with Crippen molar-refractivity contribution in [2.24, 2.45) is 5.92 Å². The molecule has 3 rings (SSSR count). The van der Waals surface area contributed by atoms with Gasteiger partial charge < -0.3 is 15.7 Å². The molecule has 2 aliphatic carbocycles. The zero-order chi connectivity index (χ0) is 15.4. The zero-order valence-electron chi connectivity index (χ0n) is 12.8. The first-order valence-electron chi connectivity index (χ1n) is 8.18. The highest BCUT2D eigenvalue weighted by Crippen LogP contribution is 2.28. The SMILES string of the molecule is O=C(NCc1cc2c(s1)CCCCC2)N[C@@H]1C=C[C@H](CO)C1. The molecule has 0 radical (unpaired) electrons. The Morgan fingerprint density at radius 1 is 1.27 bits per heavy atom. The Kier molecular flexibility index (Phi) is 5.16.